The lowest BCUT2D eigenvalue weighted by molar-refractivity contribution is 0.203. The largest absolute Gasteiger partial charge is 0.383 e. The second-order valence-electron chi connectivity index (χ2n) is 4.71. The first-order chi connectivity index (χ1) is 8.63. The van der Waals surface area contributed by atoms with Crippen LogP contribution in [-0.4, -0.2) is 26.3 Å². The topological polar surface area (TPSA) is 12.5 Å². The average Bonchev–Trinajstić information content (AvgIpc) is 2.39. The Labute approximate surface area is 119 Å². The predicted octanol–water partition coefficient (Wildman–Crippen LogP) is 4.14. The van der Waals surface area contributed by atoms with Gasteiger partial charge in [-0.2, -0.15) is 0 Å². The Balaban J connectivity index is 3.03. The van der Waals surface area contributed by atoms with Crippen molar-refractivity contribution in [1.29, 1.82) is 0 Å². The number of benzene rings is 1. The van der Waals surface area contributed by atoms with E-state index in [1.165, 1.54) is 16.8 Å². The highest BCUT2D eigenvalue weighted by molar-refractivity contribution is 9.08. The monoisotopic (exact) mass is 313 g/mol. The number of alkyl halides is 1. The summed E-state index contributed by atoms with van der Waals surface area (Å²) in [5.74, 6) is 0. The fraction of sp³-hybridized carbons (Fsp3) is 0.600. The summed E-state index contributed by atoms with van der Waals surface area (Å²) in [5, 5.41) is 0.893. The molecule has 0 aliphatic rings. The van der Waals surface area contributed by atoms with E-state index in [0.29, 0.717) is 6.04 Å². The van der Waals surface area contributed by atoms with Crippen LogP contribution in [0.3, 0.4) is 0 Å². The second kappa shape index (κ2) is 7.80. The molecule has 0 radical (unpaired) electrons. The van der Waals surface area contributed by atoms with Gasteiger partial charge in [0.05, 0.1) is 6.61 Å². The van der Waals surface area contributed by atoms with Gasteiger partial charge in [-0.3, -0.25) is 0 Å². The molecule has 1 aromatic rings. The van der Waals surface area contributed by atoms with Gasteiger partial charge in [-0.15, -0.1) is 0 Å². The van der Waals surface area contributed by atoms with E-state index in [9.17, 15) is 0 Å². The van der Waals surface area contributed by atoms with Crippen molar-refractivity contribution in [1.82, 2.24) is 0 Å². The molecule has 18 heavy (non-hydrogen) atoms. The Morgan fingerprint density at radius 1 is 1.39 bits per heavy atom. The number of aryl methyl sites for hydroxylation is 1. The van der Waals surface area contributed by atoms with E-state index in [2.05, 4.69) is 59.8 Å². The summed E-state index contributed by atoms with van der Waals surface area (Å²) in [5.41, 5.74) is 3.99. The number of rotatable bonds is 7. The highest BCUT2D eigenvalue weighted by Crippen LogP contribution is 2.26. The second-order valence-corrected chi connectivity index (χ2v) is 5.27. The van der Waals surface area contributed by atoms with Crippen LogP contribution in [0, 0.1) is 6.92 Å². The van der Waals surface area contributed by atoms with Crippen molar-refractivity contribution >= 4 is 21.6 Å². The van der Waals surface area contributed by atoms with Gasteiger partial charge >= 0.3 is 0 Å². The van der Waals surface area contributed by atoms with Crippen LogP contribution in [-0.2, 0) is 10.1 Å². The Kier molecular flexibility index (Phi) is 6.72. The molecule has 0 amide bonds. The molecule has 2 nitrogen and oxygen atoms in total. The van der Waals surface area contributed by atoms with Crippen molar-refractivity contribution < 1.29 is 4.74 Å². The first kappa shape index (κ1) is 15.5. The zero-order valence-electron chi connectivity index (χ0n) is 11.9. The van der Waals surface area contributed by atoms with E-state index in [-0.39, 0.29) is 0 Å². The van der Waals surface area contributed by atoms with Gasteiger partial charge < -0.3 is 9.64 Å². The summed E-state index contributed by atoms with van der Waals surface area (Å²) in [7, 11) is 1.76. The smallest absolute Gasteiger partial charge is 0.0637 e. The van der Waals surface area contributed by atoms with Gasteiger partial charge in [-0.25, -0.2) is 0 Å². The van der Waals surface area contributed by atoms with Gasteiger partial charge in [-0.05, 0) is 31.9 Å². The maximum atomic E-state index is 5.23. The molecule has 0 aliphatic heterocycles. The molecule has 102 valence electrons. The third-order valence-corrected chi connectivity index (χ3v) is 3.95. The van der Waals surface area contributed by atoms with Crippen molar-refractivity contribution in [3.05, 3.63) is 29.3 Å². The van der Waals surface area contributed by atoms with E-state index >= 15 is 0 Å². The normalized spacial score (nSPS) is 12.5. The molecule has 0 N–H and O–H groups in total. The first-order valence-corrected chi connectivity index (χ1v) is 7.67. The van der Waals surface area contributed by atoms with Gasteiger partial charge in [-0.1, -0.05) is 40.5 Å². The molecule has 1 rings (SSSR count). The van der Waals surface area contributed by atoms with Crippen molar-refractivity contribution in [2.75, 3.05) is 25.2 Å². The highest BCUT2D eigenvalue weighted by Gasteiger charge is 2.15. The summed E-state index contributed by atoms with van der Waals surface area (Å²) in [6.45, 7) is 8.34. The lowest BCUT2D eigenvalue weighted by atomic mass is 10.1. The number of methoxy groups -OCH3 is 1. The highest BCUT2D eigenvalue weighted by atomic mass is 79.9. The van der Waals surface area contributed by atoms with E-state index in [1.54, 1.807) is 7.11 Å². The molecule has 0 fully saturated rings. The van der Waals surface area contributed by atoms with Gasteiger partial charge in [0.2, 0.25) is 0 Å². The van der Waals surface area contributed by atoms with Crippen molar-refractivity contribution in [3.63, 3.8) is 0 Å². The van der Waals surface area contributed by atoms with Gasteiger partial charge in [0.15, 0.2) is 0 Å². The first-order valence-electron chi connectivity index (χ1n) is 6.55. The van der Waals surface area contributed by atoms with Crippen LogP contribution in [0.15, 0.2) is 18.2 Å². The van der Waals surface area contributed by atoms with Crippen LogP contribution in [0.4, 0.5) is 5.69 Å². The Bertz CT molecular complexity index is 368. The summed E-state index contributed by atoms with van der Waals surface area (Å²) in [6.07, 6.45) is 1.14. The minimum Gasteiger partial charge on any atom is -0.383 e. The lowest BCUT2D eigenvalue weighted by Crippen LogP contribution is -2.36. The number of anilines is 1. The third-order valence-electron chi connectivity index (χ3n) is 3.35. The number of nitrogens with zero attached hydrogens (tertiary/aromatic N) is 1. The molecule has 0 saturated carbocycles. The number of hydrogen-bond donors (Lipinski definition) is 0. The maximum Gasteiger partial charge on any atom is 0.0637 e. The molecule has 0 bridgehead atoms. The molecule has 1 unspecified atom stereocenters. The van der Waals surface area contributed by atoms with Crippen LogP contribution in [0.2, 0.25) is 0 Å². The molecule has 0 heterocycles. The van der Waals surface area contributed by atoms with Crippen LogP contribution < -0.4 is 4.90 Å². The number of hydrogen-bond acceptors (Lipinski definition) is 2. The summed E-state index contributed by atoms with van der Waals surface area (Å²) in [4.78, 5) is 2.44. The lowest BCUT2D eigenvalue weighted by Gasteiger charge is -2.32. The minimum atomic E-state index is 0.528. The SMILES string of the molecule is CCC(C)N(CCOC)c1ccc(C)cc1CBr. The predicted molar refractivity (Wildman–Crippen MR) is 82.8 cm³/mol. The van der Waals surface area contributed by atoms with E-state index < -0.39 is 0 Å². The molecule has 3 heteroatoms. The van der Waals surface area contributed by atoms with Crippen LogP contribution in [0.1, 0.15) is 31.4 Å². The molecule has 0 saturated heterocycles. The number of halogens is 1. The molecule has 1 atom stereocenters. The van der Waals surface area contributed by atoms with Crippen LogP contribution in [0.5, 0.6) is 0 Å². The number of ether oxygens (including phenoxy) is 1. The quantitative estimate of drug-likeness (QED) is 0.701. The molecule has 0 spiro atoms. The van der Waals surface area contributed by atoms with E-state index in [4.69, 9.17) is 4.74 Å². The van der Waals surface area contributed by atoms with Crippen molar-refractivity contribution in [2.45, 2.75) is 38.6 Å². The fourth-order valence-electron chi connectivity index (χ4n) is 2.09. The van der Waals surface area contributed by atoms with Crippen molar-refractivity contribution in [2.24, 2.45) is 0 Å². The van der Waals surface area contributed by atoms with Crippen molar-refractivity contribution in [3.8, 4) is 0 Å². The van der Waals surface area contributed by atoms with Gasteiger partial charge in [0.25, 0.3) is 0 Å². The van der Waals surface area contributed by atoms with E-state index in [1.807, 2.05) is 0 Å². The molecule has 0 aliphatic carbocycles. The zero-order valence-corrected chi connectivity index (χ0v) is 13.5. The van der Waals surface area contributed by atoms with E-state index in [0.717, 1.165) is 24.9 Å². The van der Waals surface area contributed by atoms with Crippen LogP contribution in [0.25, 0.3) is 0 Å². The van der Waals surface area contributed by atoms with Crippen LogP contribution >= 0.6 is 15.9 Å². The fourth-order valence-corrected chi connectivity index (χ4v) is 2.54. The summed E-state index contributed by atoms with van der Waals surface area (Å²) in [6, 6.07) is 7.20. The standard InChI is InChI=1S/C15H24BrNO/c1-5-13(3)17(8-9-18-4)15-7-6-12(2)10-14(15)11-16/h6-7,10,13H,5,8-9,11H2,1-4H3. The third kappa shape index (κ3) is 3.99. The minimum absolute atomic E-state index is 0.528. The maximum absolute atomic E-state index is 5.23. The molecule has 0 aromatic heterocycles. The Morgan fingerprint density at radius 2 is 2.11 bits per heavy atom. The Morgan fingerprint density at radius 3 is 2.67 bits per heavy atom. The van der Waals surface area contributed by atoms with Gasteiger partial charge in [0, 0.05) is 30.7 Å². The molecular formula is C15H24BrNO. The summed E-state index contributed by atoms with van der Waals surface area (Å²) < 4.78 is 5.23. The van der Waals surface area contributed by atoms with Gasteiger partial charge in [0.1, 0.15) is 0 Å². The summed E-state index contributed by atoms with van der Waals surface area (Å²) >= 11 is 3.59. The Hall–Kier alpha value is -0.540. The molecular weight excluding hydrogens is 290 g/mol. The molecule has 1 aromatic carbocycles. The zero-order chi connectivity index (χ0) is 13.5. The average molecular weight is 314 g/mol.